The van der Waals surface area contributed by atoms with E-state index in [2.05, 4.69) is 5.32 Å². The first kappa shape index (κ1) is 27.5. The number of halogens is 2. The van der Waals surface area contributed by atoms with Crippen molar-refractivity contribution in [1.82, 2.24) is 0 Å². The SMILES string of the molecule is CN(C)c1ccc(NC(=O)[C@H](OC(=O)c2ccccc2Cl)[C@H](OC(=O)c2ccccc2Cl)C(=O)O)cc1. The van der Waals surface area contributed by atoms with Crippen molar-refractivity contribution in [3.8, 4) is 0 Å². The molecule has 11 heteroatoms. The molecule has 1 amide bonds. The smallest absolute Gasteiger partial charge is 0.349 e. The number of anilines is 2. The van der Waals surface area contributed by atoms with E-state index in [1.165, 1.54) is 36.4 Å². The van der Waals surface area contributed by atoms with Gasteiger partial charge in [-0.05, 0) is 48.5 Å². The van der Waals surface area contributed by atoms with Crippen LogP contribution in [0.15, 0.2) is 72.8 Å². The number of nitrogens with one attached hydrogen (secondary N) is 1. The average Bonchev–Trinajstić information content (AvgIpc) is 2.86. The number of carboxylic acid groups (broad SMARTS) is 1. The zero-order chi connectivity index (χ0) is 27.1. The number of benzene rings is 3. The number of aliphatic carboxylic acids is 1. The van der Waals surface area contributed by atoms with Crippen LogP contribution in [-0.2, 0) is 19.1 Å². The first-order valence-electron chi connectivity index (χ1n) is 10.8. The highest BCUT2D eigenvalue weighted by Crippen LogP contribution is 2.22. The van der Waals surface area contributed by atoms with Crippen LogP contribution in [0.1, 0.15) is 20.7 Å². The first-order chi connectivity index (χ1) is 17.6. The highest BCUT2D eigenvalue weighted by molar-refractivity contribution is 6.34. The van der Waals surface area contributed by atoms with Crippen LogP contribution in [0.3, 0.4) is 0 Å². The molecule has 3 aromatic rings. The van der Waals surface area contributed by atoms with E-state index in [-0.39, 0.29) is 26.9 Å². The van der Waals surface area contributed by atoms with Crippen molar-refractivity contribution in [2.75, 3.05) is 24.3 Å². The molecule has 0 unspecified atom stereocenters. The summed E-state index contributed by atoms with van der Waals surface area (Å²) in [6, 6.07) is 18.2. The van der Waals surface area contributed by atoms with E-state index in [1.807, 2.05) is 19.0 Å². The van der Waals surface area contributed by atoms with Gasteiger partial charge >= 0.3 is 17.9 Å². The van der Waals surface area contributed by atoms with Gasteiger partial charge in [0.1, 0.15) is 0 Å². The average molecular weight is 545 g/mol. The molecule has 0 heterocycles. The van der Waals surface area contributed by atoms with Crippen molar-refractivity contribution in [1.29, 1.82) is 0 Å². The number of hydrogen-bond acceptors (Lipinski definition) is 7. The minimum Gasteiger partial charge on any atom is -0.478 e. The summed E-state index contributed by atoms with van der Waals surface area (Å²) < 4.78 is 10.4. The molecule has 37 heavy (non-hydrogen) atoms. The Morgan fingerprint density at radius 2 is 1.22 bits per heavy atom. The summed E-state index contributed by atoms with van der Waals surface area (Å²) in [5.41, 5.74) is 0.887. The van der Waals surface area contributed by atoms with Gasteiger partial charge in [0.2, 0.25) is 12.2 Å². The minimum absolute atomic E-state index is 0.00619. The van der Waals surface area contributed by atoms with Crippen LogP contribution >= 0.6 is 23.2 Å². The number of ether oxygens (including phenoxy) is 2. The Bertz CT molecular complexity index is 1310. The molecular weight excluding hydrogens is 523 g/mol. The zero-order valence-electron chi connectivity index (χ0n) is 19.7. The van der Waals surface area contributed by atoms with Crippen LogP contribution < -0.4 is 10.2 Å². The van der Waals surface area contributed by atoms with Gasteiger partial charge in [-0.25, -0.2) is 14.4 Å². The van der Waals surface area contributed by atoms with E-state index in [1.54, 1.807) is 36.4 Å². The van der Waals surface area contributed by atoms with Crippen LogP contribution in [-0.4, -0.2) is 55.2 Å². The Labute approximate surface area is 222 Å². The van der Waals surface area contributed by atoms with Gasteiger partial charge in [-0.2, -0.15) is 0 Å². The van der Waals surface area contributed by atoms with Crippen LogP contribution in [0.25, 0.3) is 0 Å². The summed E-state index contributed by atoms with van der Waals surface area (Å²) >= 11 is 12.1. The van der Waals surface area contributed by atoms with E-state index in [0.29, 0.717) is 0 Å². The summed E-state index contributed by atoms with van der Waals surface area (Å²) in [4.78, 5) is 52.7. The van der Waals surface area contributed by atoms with Gasteiger partial charge in [-0.3, -0.25) is 4.79 Å². The van der Waals surface area contributed by atoms with Crippen molar-refractivity contribution in [3.63, 3.8) is 0 Å². The van der Waals surface area contributed by atoms with E-state index in [0.717, 1.165) is 5.69 Å². The normalized spacial score (nSPS) is 12.1. The van der Waals surface area contributed by atoms with Gasteiger partial charge in [0.05, 0.1) is 21.2 Å². The second-order valence-corrected chi connectivity index (χ2v) is 8.69. The predicted molar refractivity (Wildman–Crippen MR) is 138 cm³/mol. The van der Waals surface area contributed by atoms with Crippen molar-refractivity contribution in [2.24, 2.45) is 0 Å². The summed E-state index contributed by atoms with van der Waals surface area (Å²) in [5, 5.41) is 12.4. The summed E-state index contributed by atoms with van der Waals surface area (Å²) in [6.45, 7) is 0. The summed E-state index contributed by atoms with van der Waals surface area (Å²) in [5.74, 6) is -4.98. The third kappa shape index (κ3) is 6.99. The highest BCUT2D eigenvalue weighted by atomic mass is 35.5. The number of carboxylic acids is 1. The lowest BCUT2D eigenvalue weighted by molar-refractivity contribution is -0.157. The fourth-order valence-electron chi connectivity index (χ4n) is 3.16. The molecule has 0 aliphatic heterocycles. The van der Waals surface area contributed by atoms with Crippen LogP contribution in [0.5, 0.6) is 0 Å². The maximum Gasteiger partial charge on any atom is 0.349 e. The molecule has 0 aliphatic rings. The Balaban J connectivity index is 1.93. The molecule has 3 rings (SSSR count). The lowest BCUT2D eigenvalue weighted by Gasteiger charge is -2.24. The molecule has 2 atom stereocenters. The van der Waals surface area contributed by atoms with E-state index >= 15 is 0 Å². The first-order valence-corrected chi connectivity index (χ1v) is 11.6. The number of rotatable bonds is 9. The fourth-order valence-corrected chi connectivity index (χ4v) is 3.59. The van der Waals surface area contributed by atoms with Crippen molar-refractivity contribution in [3.05, 3.63) is 94.0 Å². The standard InChI is InChI=1S/C26H22Cl2N2O7/c1-30(2)16-13-11-15(12-14-16)29-23(31)21(36-25(34)17-7-3-5-9-19(17)27)22(24(32)33)37-26(35)18-8-4-6-10-20(18)28/h3-14,21-22H,1-2H3,(H,29,31)(H,32,33)/t21-,22+/m1/s1. The molecule has 0 saturated carbocycles. The molecule has 192 valence electrons. The van der Waals surface area contributed by atoms with E-state index < -0.39 is 36.0 Å². The Morgan fingerprint density at radius 3 is 1.65 bits per heavy atom. The molecule has 3 aromatic carbocycles. The second kappa shape index (κ2) is 12.2. The third-order valence-electron chi connectivity index (χ3n) is 5.08. The van der Waals surface area contributed by atoms with Crippen LogP contribution in [0.4, 0.5) is 11.4 Å². The number of esters is 2. The largest absolute Gasteiger partial charge is 0.478 e. The molecule has 0 aliphatic carbocycles. The van der Waals surface area contributed by atoms with Gasteiger partial charge in [0.25, 0.3) is 5.91 Å². The Morgan fingerprint density at radius 1 is 0.757 bits per heavy atom. The fraction of sp³-hybridized carbons (Fsp3) is 0.154. The lowest BCUT2D eigenvalue weighted by atomic mass is 10.1. The van der Waals surface area contributed by atoms with Crippen molar-refractivity contribution < 1.29 is 33.8 Å². The van der Waals surface area contributed by atoms with Crippen molar-refractivity contribution >= 4 is 58.4 Å². The van der Waals surface area contributed by atoms with Crippen LogP contribution in [0, 0.1) is 0 Å². The quantitative estimate of drug-likeness (QED) is 0.376. The number of carbonyl (C=O) groups excluding carboxylic acids is 3. The van der Waals surface area contributed by atoms with Gasteiger partial charge in [-0.15, -0.1) is 0 Å². The highest BCUT2D eigenvalue weighted by Gasteiger charge is 2.41. The molecule has 0 aromatic heterocycles. The maximum absolute atomic E-state index is 13.2. The molecule has 2 N–H and O–H groups in total. The molecule has 0 spiro atoms. The van der Waals surface area contributed by atoms with Gasteiger partial charge in [0, 0.05) is 25.5 Å². The Kier molecular flexibility index (Phi) is 9.10. The number of hydrogen-bond donors (Lipinski definition) is 2. The monoisotopic (exact) mass is 544 g/mol. The van der Waals surface area contributed by atoms with Crippen molar-refractivity contribution in [2.45, 2.75) is 12.2 Å². The van der Waals surface area contributed by atoms with Crippen LogP contribution in [0.2, 0.25) is 10.0 Å². The maximum atomic E-state index is 13.2. The molecular formula is C26H22Cl2N2O7. The lowest BCUT2D eigenvalue weighted by Crippen LogP contribution is -2.48. The number of amides is 1. The molecule has 0 saturated heterocycles. The number of carbonyl (C=O) groups is 4. The summed E-state index contributed by atoms with van der Waals surface area (Å²) in [6.07, 6.45) is -4.29. The third-order valence-corrected chi connectivity index (χ3v) is 5.74. The van der Waals surface area contributed by atoms with Gasteiger partial charge in [-0.1, -0.05) is 47.5 Å². The predicted octanol–water partition coefficient (Wildman–Crippen LogP) is 4.53. The molecule has 9 nitrogen and oxygen atoms in total. The number of nitrogens with zero attached hydrogens (tertiary/aromatic N) is 1. The van der Waals surface area contributed by atoms with E-state index in [9.17, 15) is 24.3 Å². The van der Waals surface area contributed by atoms with Gasteiger partial charge < -0.3 is 24.8 Å². The topological polar surface area (TPSA) is 122 Å². The van der Waals surface area contributed by atoms with E-state index in [4.69, 9.17) is 32.7 Å². The molecule has 0 radical (unpaired) electrons. The molecule has 0 bridgehead atoms. The Hall–Kier alpha value is -4.08. The second-order valence-electron chi connectivity index (χ2n) is 7.88. The minimum atomic E-state index is -2.21. The molecule has 0 fully saturated rings. The summed E-state index contributed by atoms with van der Waals surface area (Å²) in [7, 11) is 3.67. The van der Waals surface area contributed by atoms with Gasteiger partial charge in [0.15, 0.2) is 0 Å². The zero-order valence-corrected chi connectivity index (χ0v) is 21.2.